The van der Waals surface area contributed by atoms with E-state index >= 15 is 0 Å². The molecule has 14 heavy (non-hydrogen) atoms. The zero-order chi connectivity index (χ0) is 20.2. The molecule has 0 radical (unpaired) electrons. The molecule has 0 fully saturated rings. The molecule has 2 rings (SSSR count). The summed E-state index contributed by atoms with van der Waals surface area (Å²) in [6.45, 7) is -8.63. The van der Waals surface area contributed by atoms with Crippen LogP contribution in [0.25, 0.3) is 0 Å². The maximum absolute atomic E-state index is 8.06. The lowest BCUT2D eigenvalue weighted by Gasteiger charge is -2.09. The second-order valence-electron chi connectivity index (χ2n) is 2.65. The minimum Gasteiger partial charge on any atom is -0.454 e. The minimum atomic E-state index is -3.05. The van der Waals surface area contributed by atoms with Crippen molar-refractivity contribution in [3.8, 4) is 11.5 Å². The summed E-state index contributed by atoms with van der Waals surface area (Å²) in [6, 6.07) is -3.72. The van der Waals surface area contributed by atoms with Crippen LogP contribution in [0, 0.1) is 0 Å². The van der Waals surface area contributed by atoms with Crippen LogP contribution >= 0.6 is 0 Å². The normalized spacial score (nSPS) is 33.8. The van der Waals surface area contributed by atoms with Crippen LogP contribution in [0.5, 0.6) is 11.5 Å². The smallest absolute Gasteiger partial charge is 0.231 e. The Morgan fingerprint density at radius 2 is 2.64 bits per heavy atom. The van der Waals surface area contributed by atoms with Gasteiger partial charge in [0.05, 0.1) is 4.11 Å². The molecule has 1 unspecified atom stereocenters. The summed E-state index contributed by atoms with van der Waals surface area (Å²) in [4.78, 5) is 0. The predicted octanol–water partition coefficient (Wildman–Crippen LogP) is 1.57. The van der Waals surface area contributed by atoms with Gasteiger partial charge in [-0.1, -0.05) is 6.04 Å². The topological polar surface area (TPSA) is 30.5 Å². The van der Waals surface area contributed by atoms with E-state index in [1.54, 1.807) is 0 Å². The summed E-state index contributed by atoms with van der Waals surface area (Å²) in [5, 5.41) is -0.0909. The lowest BCUT2D eigenvalue weighted by molar-refractivity contribution is 0.174. The van der Waals surface area contributed by atoms with E-state index in [9.17, 15) is 0 Å². The Bertz CT molecular complexity index is 713. The zero-order valence-corrected chi connectivity index (χ0v) is 7.05. The summed E-state index contributed by atoms with van der Waals surface area (Å²) in [7, 11) is 0. The fourth-order valence-electron chi connectivity index (χ4n) is 1.00. The molecule has 1 aromatic rings. The first-order valence-electron chi connectivity index (χ1n) is 9.80. The van der Waals surface area contributed by atoms with E-state index in [2.05, 4.69) is 0 Å². The van der Waals surface area contributed by atoms with Crippen LogP contribution in [0.15, 0.2) is 18.1 Å². The van der Waals surface area contributed by atoms with Crippen molar-refractivity contribution >= 4 is 0 Å². The fraction of sp³-hybridized carbons (Fsp3) is 0.455. The third-order valence-corrected chi connectivity index (χ3v) is 1.64. The van der Waals surface area contributed by atoms with Gasteiger partial charge in [-0.25, -0.2) is 0 Å². The number of rotatable bonds is 3. The average Bonchev–Trinajstić information content (AvgIpc) is 2.78. The van der Waals surface area contributed by atoms with E-state index in [1.807, 2.05) is 0 Å². The summed E-state index contributed by atoms with van der Waals surface area (Å²) in [6.07, 6.45) is -0.721. The van der Waals surface area contributed by atoms with E-state index in [0.717, 1.165) is 0 Å². The molecule has 3 heteroatoms. The van der Waals surface area contributed by atoms with Crippen molar-refractivity contribution in [3.05, 3.63) is 23.7 Å². The lowest BCUT2D eigenvalue weighted by atomic mass is 10.1. The van der Waals surface area contributed by atoms with Gasteiger partial charge < -0.3 is 14.8 Å². The van der Waals surface area contributed by atoms with Crippen molar-refractivity contribution in [2.24, 2.45) is 0 Å². The molecular weight excluding hydrogens is 178 g/mol. The van der Waals surface area contributed by atoms with Gasteiger partial charge in [-0.05, 0) is 37.9 Å². The molecule has 1 atom stereocenters. The molecule has 1 N–H and O–H groups in total. The van der Waals surface area contributed by atoms with E-state index in [-0.39, 0.29) is 10.9 Å². The van der Waals surface area contributed by atoms with Gasteiger partial charge in [-0.15, -0.1) is 0 Å². The number of ether oxygens (including phenoxy) is 2. The number of hydrogen-bond donors (Lipinski definition) is 1. The van der Waals surface area contributed by atoms with Crippen LogP contribution in [-0.2, 0) is 6.42 Å². The van der Waals surface area contributed by atoms with E-state index in [1.165, 1.54) is 0 Å². The first-order chi connectivity index (χ1) is 11.6. The molecule has 1 aliphatic rings. The van der Waals surface area contributed by atoms with Crippen molar-refractivity contribution in [3.63, 3.8) is 0 Å². The number of hydrogen-bond acceptors (Lipinski definition) is 3. The van der Waals surface area contributed by atoms with Crippen LogP contribution in [-0.4, -0.2) is 19.8 Å². The van der Waals surface area contributed by atoms with Gasteiger partial charge in [0.25, 0.3) is 0 Å². The van der Waals surface area contributed by atoms with Gasteiger partial charge in [-0.3, -0.25) is 0 Å². The van der Waals surface area contributed by atoms with Gasteiger partial charge in [0.15, 0.2) is 11.5 Å². The quantitative estimate of drug-likeness (QED) is 0.812. The number of benzene rings is 1. The van der Waals surface area contributed by atoms with Crippen LogP contribution < -0.4 is 14.8 Å². The van der Waals surface area contributed by atoms with Gasteiger partial charge >= 0.3 is 0 Å². The summed E-state index contributed by atoms with van der Waals surface area (Å²) in [5.41, 5.74) is -0.349. The van der Waals surface area contributed by atoms with E-state index in [0.29, 0.717) is 0 Å². The molecule has 0 saturated heterocycles. The molecule has 76 valence electrons. The second kappa shape index (κ2) is 3.88. The highest BCUT2D eigenvalue weighted by Gasteiger charge is 2.13. The first-order valence-corrected chi connectivity index (χ1v) is 3.85. The third kappa shape index (κ3) is 1.82. The number of nitrogens with one attached hydrogen (secondary N) is 1. The molecule has 0 spiro atoms. The highest BCUT2D eigenvalue weighted by molar-refractivity contribution is 5.44. The van der Waals surface area contributed by atoms with Crippen LogP contribution in [0.1, 0.15) is 27.5 Å². The lowest BCUT2D eigenvalue weighted by Crippen LogP contribution is -2.23. The Kier molecular flexibility index (Phi) is 0.740. The molecule has 1 aliphatic heterocycles. The highest BCUT2D eigenvalue weighted by atomic mass is 16.7. The average molecular weight is 205 g/mol. The summed E-state index contributed by atoms with van der Waals surface area (Å²) < 4.78 is 100. The molecule has 1 aromatic carbocycles. The van der Waals surface area contributed by atoms with Crippen molar-refractivity contribution in [1.29, 1.82) is 0 Å². The van der Waals surface area contributed by atoms with Gasteiger partial charge in [0.1, 0.15) is 4.15 Å². The van der Waals surface area contributed by atoms with Crippen molar-refractivity contribution < 1.29 is 26.0 Å². The summed E-state index contributed by atoms with van der Waals surface area (Å²) in [5.74, 6) is -0.932. The Balaban J connectivity index is 2.54. The van der Waals surface area contributed by atoms with Crippen molar-refractivity contribution in [2.45, 2.75) is 19.3 Å². The summed E-state index contributed by atoms with van der Waals surface area (Å²) >= 11 is 0. The van der Waals surface area contributed by atoms with E-state index < -0.39 is 62.7 Å². The number of likely N-dealkylation sites (N-methyl/N-ethyl adjacent to an activating group) is 1. The Hall–Kier alpha value is -1.22. The third-order valence-electron chi connectivity index (χ3n) is 1.64. The first kappa shape index (κ1) is 2.67. The van der Waals surface area contributed by atoms with Gasteiger partial charge in [-0.2, -0.15) is 0 Å². The maximum atomic E-state index is 8.06. The van der Waals surface area contributed by atoms with Crippen molar-refractivity contribution in [1.82, 2.24) is 5.31 Å². The molecule has 0 aromatic heterocycles. The second-order valence-corrected chi connectivity index (χ2v) is 2.65. The SMILES string of the molecule is [2H]c1c([2H])c2c(c([2H])c1CC(N([2H])C([2H])([2H])[2H])C([2H])([2H])[2H])OC([2H])([2H])O2. The van der Waals surface area contributed by atoms with Gasteiger partial charge in [0, 0.05) is 14.3 Å². The largest absolute Gasteiger partial charge is 0.454 e. The Morgan fingerprint density at radius 3 is 3.50 bits per heavy atom. The number of fused-ring (bicyclic) bond motifs is 1. The maximum Gasteiger partial charge on any atom is 0.231 e. The standard InChI is InChI=1S/C11H15NO2/c1-8(12-2)5-9-3-4-10-11(6-9)14-7-13-10/h3-4,6,8,12H,5,7H2,1-2H3/i1D3,2D3,3D,4D,6D,7D2/hD. The predicted molar refractivity (Wildman–Crippen MR) is 54.8 cm³/mol. The Morgan fingerprint density at radius 1 is 1.71 bits per heavy atom. The molecule has 0 bridgehead atoms. The van der Waals surface area contributed by atoms with Crippen LogP contribution in [0.3, 0.4) is 0 Å². The van der Waals surface area contributed by atoms with E-state index in [4.69, 9.17) is 26.0 Å². The molecule has 1 heterocycles. The van der Waals surface area contributed by atoms with Crippen LogP contribution in [0.4, 0.5) is 0 Å². The molecule has 0 aliphatic carbocycles. The zero-order valence-electron chi connectivity index (χ0n) is 19.0. The molecular formula is C11H15NO2. The molecule has 0 saturated carbocycles. The minimum absolute atomic E-state index is 0.0909. The fourth-order valence-corrected chi connectivity index (χ4v) is 1.00. The molecule has 3 nitrogen and oxygen atoms in total. The van der Waals surface area contributed by atoms with Crippen LogP contribution in [0.2, 0.25) is 1.41 Å². The highest BCUT2D eigenvalue weighted by Crippen LogP contribution is 2.32. The van der Waals surface area contributed by atoms with Gasteiger partial charge in [0.2, 0.25) is 6.75 Å². The van der Waals surface area contributed by atoms with Crippen molar-refractivity contribution in [2.75, 3.05) is 13.7 Å². The molecule has 0 amide bonds. The monoisotopic (exact) mass is 205 g/mol. The Labute approximate surface area is 101 Å².